The van der Waals surface area contributed by atoms with Gasteiger partial charge in [0.2, 0.25) is 0 Å². The number of ether oxygens (including phenoxy) is 4. The molecule has 0 aliphatic rings. The van der Waals surface area contributed by atoms with E-state index in [-0.39, 0.29) is 11.9 Å². The first-order chi connectivity index (χ1) is 13.0. The number of hydrogen-bond acceptors (Lipinski definition) is 5. The van der Waals surface area contributed by atoms with Gasteiger partial charge < -0.3 is 24.3 Å². The van der Waals surface area contributed by atoms with Crippen LogP contribution in [0.3, 0.4) is 0 Å². The van der Waals surface area contributed by atoms with Crippen LogP contribution >= 0.6 is 0 Å². The molecule has 27 heavy (non-hydrogen) atoms. The largest absolute Gasteiger partial charge is 0.497 e. The summed E-state index contributed by atoms with van der Waals surface area (Å²) in [7, 11) is 4.78. The van der Waals surface area contributed by atoms with E-state index in [1.54, 1.807) is 52.5 Å². The fourth-order valence-corrected chi connectivity index (χ4v) is 2.69. The second-order valence-corrected chi connectivity index (χ2v) is 6.02. The lowest BCUT2D eigenvalue weighted by atomic mass is 10.0. The molecule has 146 valence electrons. The summed E-state index contributed by atoms with van der Waals surface area (Å²) in [6, 6.07) is 12.6. The summed E-state index contributed by atoms with van der Waals surface area (Å²) in [4.78, 5) is 12.6. The summed E-state index contributed by atoms with van der Waals surface area (Å²) in [5.74, 6) is 2.44. The van der Waals surface area contributed by atoms with E-state index in [0.717, 1.165) is 17.7 Å². The molecule has 0 aliphatic carbocycles. The maximum absolute atomic E-state index is 12.6. The maximum atomic E-state index is 12.6. The Morgan fingerprint density at radius 3 is 2.11 bits per heavy atom. The minimum Gasteiger partial charge on any atom is -0.497 e. The van der Waals surface area contributed by atoms with Crippen LogP contribution in [0.5, 0.6) is 23.0 Å². The second kappa shape index (κ2) is 9.71. The van der Waals surface area contributed by atoms with Gasteiger partial charge in [-0.3, -0.25) is 4.79 Å². The van der Waals surface area contributed by atoms with Crippen LogP contribution in [-0.4, -0.2) is 33.3 Å². The van der Waals surface area contributed by atoms with Crippen LogP contribution in [0.1, 0.15) is 31.9 Å². The molecule has 0 heterocycles. The highest BCUT2D eigenvalue weighted by Crippen LogP contribution is 2.31. The quantitative estimate of drug-likeness (QED) is 0.725. The Balaban J connectivity index is 2.04. The van der Waals surface area contributed by atoms with Crippen LogP contribution in [-0.2, 0) is 4.79 Å². The van der Waals surface area contributed by atoms with Crippen molar-refractivity contribution in [1.82, 2.24) is 5.32 Å². The molecule has 1 amide bonds. The molecule has 1 N–H and O–H groups in total. The molecule has 2 atom stereocenters. The lowest BCUT2D eigenvalue weighted by Crippen LogP contribution is -2.38. The highest BCUT2D eigenvalue weighted by Gasteiger charge is 2.20. The number of benzene rings is 2. The zero-order valence-corrected chi connectivity index (χ0v) is 16.4. The van der Waals surface area contributed by atoms with Gasteiger partial charge in [-0.25, -0.2) is 0 Å². The molecular weight excluding hydrogens is 346 g/mol. The molecule has 0 unspecified atom stereocenters. The molecule has 6 heteroatoms. The minimum atomic E-state index is -0.632. The topological polar surface area (TPSA) is 66.0 Å². The van der Waals surface area contributed by atoms with Gasteiger partial charge in [0.1, 0.15) is 11.5 Å². The smallest absolute Gasteiger partial charge is 0.261 e. The predicted octanol–water partition coefficient (Wildman–Crippen LogP) is 3.75. The monoisotopic (exact) mass is 373 g/mol. The molecule has 2 aromatic rings. The molecule has 0 radical (unpaired) electrons. The van der Waals surface area contributed by atoms with Crippen molar-refractivity contribution in [3.8, 4) is 23.0 Å². The van der Waals surface area contributed by atoms with Gasteiger partial charge in [-0.2, -0.15) is 0 Å². The molecule has 0 fully saturated rings. The molecular formula is C21H27NO5. The van der Waals surface area contributed by atoms with Crippen LogP contribution < -0.4 is 24.3 Å². The van der Waals surface area contributed by atoms with E-state index in [1.807, 2.05) is 25.1 Å². The fraction of sp³-hybridized carbons (Fsp3) is 0.381. The summed E-state index contributed by atoms with van der Waals surface area (Å²) in [5.41, 5.74) is 0.945. The number of carbonyl (C=O) groups is 1. The van der Waals surface area contributed by atoms with Gasteiger partial charge in [0.15, 0.2) is 17.6 Å². The van der Waals surface area contributed by atoms with Gasteiger partial charge in [0.05, 0.1) is 27.4 Å². The van der Waals surface area contributed by atoms with Crippen molar-refractivity contribution in [2.24, 2.45) is 0 Å². The predicted molar refractivity (Wildman–Crippen MR) is 104 cm³/mol. The Morgan fingerprint density at radius 1 is 0.926 bits per heavy atom. The Hall–Kier alpha value is -2.89. The minimum absolute atomic E-state index is 0.153. The van der Waals surface area contributed by atoms with Crippen LogP contribution in [0.2, 0.25) is 0 Å². The van der Waals surface area contributed by atoms with Gasteiger partial charge in [0, 0.05) is 0 Å². The van der Waals surface area contributed by atoms with Crippen molar-refractivity contribution in [3.63, 3.8) is 0 Å². The molecule has 6 nitrogen and oxygen atoms in total. The van der Waals surface area contributed by atoms with E-state index in [4.69, 9.17) is 18.9 Å². The van der Waals surface area contributed by atoms with Crippen molar-refractivity contribution in [3.05, 3.63) is 48.0 Å². The van der Waals surface area contributed by atoms with Crippen molar-refractivity contribution in [2.75, 3.05) is 21.3 Å². The Bertz CT molecular complexity index is 745. The van der Waals surface area contributed by atoms with Gasteiger partial charge in [0.25, 0.3) is 5.91 Å². The van der Waals surface area contributed by atoms with Crippen LogP contribution in [0, 0.1) is 0 Å². The number of carbonyl (C=O) groups excluding carboxylic acids is 1. The highest BCUT2D eigenvalue weighted by atomic mass is 16.5. The standard InChI is InChI=1S/C21H27NO5/c1-6-18(15-7-12-19(25-4)20(13-15)26-5)22-21(23)14(2)27-17-10-8-16(24-3)9-11-17/h7-14,18H,6H2,1-5H3,(H,22,23)/t14-,18-/m1/s1. The molecule has 2 aromatic carbocycles. The van der Waals surface area contributed by atoms with E-state index >= 15 is 0 Å². The summed E-state index contributed by atoms with van der Waals surface area (Å²) >= 11 is 0. The molecule has 0 aliphatic heterocycles. The van der Waals surface area contributed by atoms with E-state index in [1.165, 1.54) is 0 Å². The first-order valence-electron chi connectivity index (χ1n) is 8.85. The molecule has 0 aromatic heterocycles. The third-order valence-corrected chi connectivity index (χ3v) is 4.28. The summed E-state index contributed by atoms with van der Waals surface area (Å²) < 4.78 is 21.5. The van der Waals surface area contributed by atoms with Gasteiger partial charge in [-0.05, 0) is 55.3 Å². The van der Waals surface area contributed by atoms with Gasteiger partial charge in [-0.15, -0.1) is 0 Å². The summed E-state index contributed by atoms with van der Waals surface area (Å²) in [5, 5.41) is 3.03. The van der Waals surface area contributed by atoms with Crippen molar-refractivity contribution < 1.29 is 23.7 Å². The van der Waals surface area contributed by atoms with E-state index < -0.39 is 6.10 Å². The molecule has 0 saturated heterocycles. The first kappa shape index (κ1) is 20.4. The highest BCUT2D eigenvalue weighted by molar-refractivity contribution is 5.81. The number of amides is 1. The van der Waals surface area contributed by atoms with Crippen molar-refractivity contribution in [1.29, 1.82) is 0 Å². The number of rotatable bonds is 9. The van der Waals surface area contributed by atoms with Gasteiger partial charge in [-0.1, -0.05) is 13.0 Å². The zero-order chi connectivity index (χ0) is 19.8. The van der Waals surface area contributed by atoms with Crippen LogP contribution in [0.15, 0.2) is 42.5 Å². The second-order valence-electron chi connectivity index (χ2n) is 6.02. The fourth-order valence-electron chi connectivity index (χ4n) is 2.69. The zero-order valence-electron chi connectivity index (χ0n) is 16.4. The van der Waals surface area contributed by atoms with E-state index in [2.05, 4.69) is 5.32 Å². The maximum Gasteiger partial charge on any atom is 0.261 e. The third kappa shape index (κ3) is 5.29. The van der Waals surface area contributed by atoms with E-state index in [9.17, 15) is 4.79 Å². The van der Waals surface area contributed by atoms with Gasteiger partial charge >= 0.3 is 0 Å². The molecule has 0 bridgehead atoms. The lowest BCUT2D eigenvalue weighted by molar-refractivity contribution is -0.128. The molecule has 0 spiro atoms. The average Bonchev–Trinajstić information content (AvgIpc) is 2.71. The SMILES string of the molecule is CC[C@@H](NC(=O)[C@@H](C)Oc1ccc(OC)cc1)c1ccc(OC)c(OC)c1. The first-order valence-corrected chi connectivity index (χ1v) is 8.85. The Kier molecular flexibility index (Phi) is 7.34. The normalized spacial score (nSPS) is 12.6. The Morgan fingerprint density at radius 2 is 1.56 bits per heavy atom. The Labute approximate surface area is 160 Å². The average molecular weight is 373 g/mol. The molecule has 2 rings (SSSR count). The summed E-state index contributed by atoms with van der Waals surface area (Å²) in [6.45, 7) is 3.73. The van der Waals surface area contributed by atoms with Crippen molar-refractivity contribution >= 4 is 5.91 Å². The lowest BCUT2D eigenvalue weighted by Gasteiger charge is -2.22. The number of methoxy groups -OCH3 is 3. The molecule has 0 saturated carbocycles. The number of hydrogen-bond donors (Lipinski definition) is 1. The van der Waals surface area contributed by atoms with Crippen molar-refractivity contribution in [2.45, 2.75) is 32.4 Å². The van der Waals surface area contributed by atoms with E-state index in [0.29, 0.717) is 17.2 Å². The third-order valence-electron chi connectivity index (χ3n) is 4.28. The summed E-state index contributed by atoms with van der Waals surface area (Å²) in [6.07, 6.45) is 0.101. The van der Waals surface area contributed by atoms with Crippen LogP contribution in [0.4, 0.5) is 0 Å². The number of nitrogens with one attached hydrogen (secondary N) is 1. The van der Waals surface area contributed by atoms with Crippen LogP contribution in [0.25, 0.3) is 0 Å².